The predicted molar refractivity (Wildman–Crippen MR) is 107 cm³/mol. The fraction of sp³-hybridized carbons (Fsp3) is 0.476. The van der Waals surface area contributed by atoms with E-state index >= 15 is 0 Å². The molecule has 0 aliphatic carbocycles. The van der Waals surface area contributed by atoms with E-state index in [4.69, 9.17) is 0 Å². The smallest absolute Gasteiger partial charge is 0.256 e. The molecule has 1 aromatic carbocycles. The number of nitrogens with one attached hydrogen (secondary N) is 1. The number of rotatable bonds is 6. The van der Waals surface area contributed by atoms with Crippen molar-refractivity contribution in [3.63, 3.8) is 0 Å². The molecule has 150 valence electrons. The molecule has 0 saturated carbocycles. The zero-order chi connectivity index (χ0) is 20.1. The van der Waals surface area contributed by atoms with Gasteiger partial charge in [0.05, 0.1) is 12.2 Å². The highest BCUT2D eigenvalue weighted by Gasteiger charge is 2.29. The monoisotopic (exact) mass is 384 g/mol. The SMILES string of the molecule is CC(C)C[C@@H](O)C(=O)N1CCC(n2nccc2NC(=O)c2ccccc2)CC1. The lowest BCUT2D eigenvalue weighted by Gasteiger charge is -2.34. The molecule has 1 aliphatic rings. The fourth-order valence-electron chi connectivity index (χ4n) is 3.57. The summed E-state index contributed by atoms with van der Waals surface area (Å²) in [5.74, 6) is 0.562. The van der Waals surface area contributed by atoms with Gasteiger partial charge in [0.1, 0.15) is 11.9 Å². The number of piperidine rings is 1. The average molecular weight is 384 g/mol. The molecule has 1 aliphatic heterocycles. The summed E-state index contributed by atoms with van der Waals surface area (Å²) in [7, 11) is 0. The minimum Gasteiger partial charge on any atom is -0.383 e. The van der Waals surface area contributed by atoms with Crippen LogP contribution < -0.4 is 5.32 Å². The van der Waals surface area contributed by atoms with Crippen molar-refractivity contribution in [2.75, 3.05) is 18.4 Å². The molecule has 7 nitrogen and oxygen atoms in total. The Labute approximate surface area is 165 Å². The number of hydrogen-bond donors (Lipinski definition) is 2. The summed E-state index contributed by atoms with van der Waals surface area (Å²) in [5, 5.41) is 17.4. The van der Waals surface area contributed by atoms with Gasteiger partial charge in [0.2, 0.25) is 0 Å². The summed E-state index contributed by atoms with van der Waals surface area (Å²) in [6.07, 6.45) is 2.69. The highest BCUT2D eigenvalue weighted by atomic mass is 16.3. The Morgan fingerprint density at radius 3 is 2.50 bits per heavy atom. The van der Waals surface area contributed by atoms with Crippen molar-refractivity contribution in [3.05, 3.63) is 48.2 Å². The summed E-state index contributed by atoms with van der Waals surface area (Å²) in [5.41, 5.74) is 0.592. The first kappa shape index (κ1) is 20.1. The summed E-state index contributed by atoms with van der Waals surface area (Å²) >= 11 is 0. The van der Waals surface area contributed by atoms with Gasteiger partial charge in [0.25, 0.3) is 11.8 Å². The van der Waals surface area contributed by atoms with E-state index in [1.54, 1.807) is 29.3 Å². The third-order valence-electron chi connectivity index (χ3n) is 5.05. The first-order valence-corrected chi connectivity index (χ1v) is 9.82. The Morgan fingerprint density at radius 2 is 1.86 bits per heavy atom. The molecule has 1 fully saturated rings. The second-order valence-electron chi connectivity index (χ2n) is 7.68. The lowest BCUT2D eigenvalue weighted by Crippen LogP contribution is -2.44. The van der Waals surface area contributed by atoms with Crippen molar-refractivity contribution in [3.8, 4) is 0 Å². The highest BCUT2D eigenvalue weighted by molar-refractivity contribution is 6.03. The topological polar surface area (TPSA) is 87.5 Å². The number of nitrogens with zero attached hydrogens (tertiary/aromatic N) is 3. The van der Waals surface area contributed by atoms with E-state index in [0.717, 1.165) is 12.8 Å². The zero-order valence-corrected chi connectivity index (χ0v) is 16.4. The van der Waals surface area contributed by atoms with Crippen molar-refractivity contribution in [1.82, 2.24) is 14.7 Å². The molecular weight excluding hydrogens is 356 g/mol. The van der Waals surface area contributed by atoms with Gasteiger partial charge in [-0.3, -0.25) is 9.59 Å². The van der Waals surface area contributed by atoms with Crippen molar-refractivity contribution < 1.29 is 14.7 Å². The van der Waals surface area contributed by atoms with Crippen LogP contribution in [0.5, 0.6) is 0 Å². The summed E-state index contributed by atoms with van der Waals surface area (Å²) in [4.78, 5) is 26.5. The second-order valence-corrected chi connectivity index (χ2v) is 7.68. The van der Waals surface area contributed by atoms with Gasteiger partial charge in [-0.05, 0) is 37.3 Å². The minimum absolute atomic E-state index is 0.104. The number of aliphatic hydroxyl groups is 1. The molecule has 0 radical (unpaired) electrons. The number of likely N-dealkylation sites (tertiary alicyclic amines) is 1. The van der Waals surface area contributed by atoms with Crippen molar-refractivity contribution in [2.24, 2.45) is 5.92 Å². The molecule has 1 atom stereocenters. The van der Waals surface area contributed by atoms with Crippen LogP contribution in [0.1, 0.15) is 49.5 Å². The molecule has 2 amide bonds. The Kier molecular flexibility index (Phi) is 6.46. The van der Waals surface area contributed by atoms with E-state index in [2.05, 4.69) is 10.4 Å². The molecule has 0 spiro atoms. The minimum atomic E-state index is -0.929. The Morgan fingerprint density at radius 1 is 1.18 bits per heavy atom. The van der Waals surface area contributed by atoms with E-state index in [0.29, 0.717) is 30.9 Å². The number of aromatic nitrogens is 2. The number of benzene rings is 1. The van der Waals surface area contributed by atoms with Crippen LogP contribution in [0, 0.1) is 5.92 Å². The number of anilines is 1. The Balaban J connectivity index is 1.59. The van der Waals surface area contributed by atoms with Crippen LogP contribution in [0.15, 0.2) is 42.6 Å². The second kappa shape index (κ2) is 9.01. The van der Waals surface area contributed by atoms with Gasteiger partial charge in [-0.25, -0.2) is 4.68 Å². The van der Waals surface area contributed by atoms with Crippen LogP contribution in [0.25, 0.3) is 0 Å². The molecule has 2 aromatic rings. The molecule has 1 aromatic heterocycles. The molecule has 0 bridgehead atoms. The van der Waals surface area contributed by atoms with Crippen LogP contribution in [-0.2, 0) is 4.79 Å². The molecular formula is C21H28N4O3. The Bertz CT molecular complexity index is 795. The maximum Gasteiger partial charge on any atom is 0.256 e. The van der Waals surface area contributed by atoms with Crippen LogP contribution in [0.4, 0.5) is 5.82 Å². The van der Waals surface area contributed by atoms with E-state index in [1.165, 1.54) is 0 Å². The summed E-state index contributed by atoms with van der Waals surface area (Å²) < 4.78 is 1.83. The number of hydrogen-bond acceptors (Lipinski definition) is 4. The van der Waals surface area contributed by atoms with Gasteiger partial charge < -0.3 is 15.3 Å². The van der Waals surface area contributed by atoms with Crippen LogP contribution in [0.3, 0.4) is 0 Å². The maximum atomic E-state index is 12.4. The summed E-state index contributed by atoms with van der Waals surface area (Å²) in [6.45, 7) is 5.13. The average Bonchev–Trinajstić information content (AvgIpc) is 3.15. The molecule has 7 heteroatoms. The van der Waals surface area contributed by atoms with E-state index in [1.807, 2.05) is 36.7 Å². The zero-order valence-electron chi connectivity index (χ0n) is 16.4. The van der Waals surface area contributed by atoms with Gasteiger partial charge in [-0.15, -0.1) is 0 Å². The standard InChI is InChI=1S/C21H28N4O3/c1-15(2)14-18(26)21(28)24-12-9-17(10-13-24)25-19(8-11-22-25)23-20(27)16-6-4-3-5-7-16/h3-8,11,15,17-18,26H,9-10,12-14H2,1-2H3,(H,23,27)/t18-/m1/s1. The van der Waals surface area contributed by atoms with Crippen molar-refractivity contribution in [2.45, 2.75) is 45.3 Å². The van der Waals surface area contributed by atoms with E-state index < -0.39 is 6.10 Å². The van der Waals surface area contributed by atoms with Crippen LogP contribution in [0.2, 0.25) is 0 Å². The van der Waals surface area contributed by atoms with Gasteiger partial charge in [-0.2, -0.15) is 5.10 Å². The quantitative estimate of drug-likeness (QED) is 0.802. The van der Waals surface area contributed by atoms with Crippen molar-refractivity contribution in [1.29, 1.82) is 0 Å². The third kappa shape index (κ3) is 4.78. The van der Waals surface area contributed by atoms with Gasteiger partial charge in [0.15, 0.2) is 0 Å². The van der Waals surface area contributed by atoms with Crippen molar-refractivity contribution >= 4 is 17.6 Å². The largest absolute Gasteiger partial charge is 0.383 e. The first-order chi connectivity index (χ1) is 13.5. The molecule has 2 heterocycles. The molecule has 28 heavy (non-hydrogen) atoms. The molecule has 2 N–H and O–H groups in total. The van der Waals surface area contributed by atoms with Gasteiger partial charge >= 0.3 is 0 Å². The fourth-order valence-corrected chi connectivity index (χ4v) is 3.57. The van der Waals surface area contributed by atoms with Crippen LogP contribution >= 0.6 is 0 Å². The molecule has 0 unspecified atom stereocenters. The lowest BCUT2D eigenvalue weighted by molar-refractivity contribution is -0.142. The number of aliphatic hydroxyl groups excluding tert-OH is 1. The molecule has 3 rings (SSSR count). The maximum absolute atomic E-state index is 12.4. The summed E-state index contributed by atoms with van der Waals surface area (Å²) in [6, 6.07) is 10.9. The van der Waals surface area contributed by atoms with E-state index in [9.17, 15) is 14.7 Å². The number of carbonyl (C=O) groups excluding carboxylic acids is 2. The number of carbonyl (C=O) groups is 2. The van der Waals surface area contributed by atoms with Crippen LogP contribution in [-0.4, -0.2) is 50.8 Å². The first-order valence-electron chi connectivity index (χ1n) is 9.82. The lowest BCUT2D eigenvalue weighted by atomic mass is 10.0. The van der Waals surface area contributed by atoms with Gasteiger partial charge in [0, 0.05) is 24.7 Å². The molecule has 1 saturated heterocycles. The third-order valence-corrected chi connectivity index (χ3v) is 5.05. The Hall–Kier alpha value is -2.67. The van der Waals surface area contributed by atoms with Gasteiger partial charge in [-0.1, -0.05) is 32.0 Å². The highest BCUT2D eigenvalue weighted by Crippen LogP contribution is 2.26. The normalized spacial score (nSPS) is 16.2. The number of amides is 2. The van der Waals surface area contributed by atoms with E-state index in [-0.39, 0.29) is 23.8 Å². The predicted octanol–water partition coefficient (Wildman–Crippen LogP) is 2.71.